The lowest BCUT2D eigenvalue weighted by molar-refractivity contribution is -0.414. The van der Waals surface area contributed by atoms with E-state index in [1.165, 1.54) is 6.92 Å². The number of benzene rings is 1. The van der Waals surface area contributed by atoms with E-state index in [9.17, 15) is 9.59 Å². The van der Waals surface area contributed by atoms with E-state index in [1.807, 2.05) is 0 Å². The molecule has 1 aromatic carbocycles. The molecule has 2 rings (SSSR count). The third-order valence-electron chi connectivity index (χ3n) is 2.83. The first-order valence-corrected chi connectivity index (χ1v) is 6.47. The summed E-state index contributed by atoms with van der Waals surface area (Å²) in [6.07, 6.45) is 0. The average Bonchev–Trinajstić information content (AvgIpc) is 2.65. The fraction of sp³-hybridized carbons (Fsp3) is 0.429. The summed E-state index contributed by atoms with van der Waals surface area (Å²) in [5.74, 6) is -2.51. The maximum atomic E-state index is 12.2. The molecular weight excluding hydrogens is 262 g/mol. The molecule has 0 atom stereocenters. The third kappa shape index (κ3) is 2.58. The van der Waals surface area contributed by atoms with Crippen LogP contribution in [0.5, 0.6) is 0 Å². The molecule has 6 nitrogen and oxygen atoms in total. The number of fused-ring (bicyclic) bond motifs is 1. The molecule has 0 unspecified atom stereocenters. The van der Waals surface area contributed by atoms with Crippen molar-refractivity contribution in [2.45, 2.75) is 26.7 Å². The molecule has 1 heterocycles. The average molecular weight is 279 g/mol. The minimum absolute atomic E-state index is 0.313. The largest absolute Gasteiger partial charge is 0.327 e. The molecule has 0 saturated heterocycles. The molecule has 2 amide bonds. The molecule has 0 fully saturated rings. The summed E-state index contributed by atoms with van der Waals surface area (Å²) in [4.78, 5) is 29.7. The van der Waals surface area contributed by atoms with E-state index in [4.69, 9.17) is 14.3 Å². The highest BCUT2D eigenvalue weighted by Gasteiger charge is 2.42. The fourth-order valence-electron chi connectivity index (χ4n) is 2.03. The van der Waals surface area contributed by atoms with Crippen molar-refractivity contribution in [2.75, 3.05) is 13.2 Å². The Labute approximate surface area is 117 Å². The van der Waals surface area contributed by atoms with Crippen LogP contribution in [0.15, 0.2) is 24.3 Å². The van der Waals surface area contributed by atoms with Gasteiger partial charge >= 0.3 is 5.97 Å². The van der Waals surface area contributed by atoms with Crippen LogP contribution in [-0.4, -0.2) is 36.1 Å². The second-order valence-electron chi connectivity index (χ2n) is 4.27. The van der Waals surface area contributed by atoms with E-state index in [0.717, 1.165) is 0 Å². The van der Waals surface area contributed by atoms with Crippen LogP contribution >= 0.6 is 0 Å². The van der Waals surface area contributed by atoms with E-state index < -0.39 is 17.8 Å². The molecule has 0 saturated carbocycles. The molecule has 1 aliphatic rings. The number of rotatable bonds is 6. The van der Waals surface area contributed by atoms with Gasteiger partial charge in [0.2, 0.25) is 0 Å². The number of imide groups is 1. The van der Waals surface area contributed by atoms with Crippen LogP contribution in [0.25, 0.3) is 0 Å². The normalized spacial score (nSPS) is 14.8. The van der Waals surface area contributed by atoms with E-state index in [0.29, 0.717) is 29.4 Å². The van der Waals surface area contributed by atoms with Crippen LogP contribution in [0.1, 0.15) is 41.5 Å². The van der Waals surface area contributed by atoms with Crippen molar-refractivity contribution in [3.63, 3.8) is 0 Å². The zero-order valence-corrected chi connectivity index (χ0v) is 11.7. The van der Waals surface area contributed by atoms with Crippen LogP contribution < -0.4 is 0 Å². The predicted molar refractivity (Wildman–Crippen MR) is 69.7 cm³/mol. The van der Waals surface area contributed by atoms with Crippen molar-refractivity contribution in [2.24, 2.45) is 0 Å². The lowest BCUT2D eigenvalue weighted by atomic mass is 10.1. The summed E-state index contributed by atoms with van der Waals surface area (Å²) in [5, 5.41) is 0.690. The topological polar surface area (TPSA) is 65.1 Å². The monoisotopic (exact) mass is 279 g/mol. The Morgan fingerprint density at radius 2 is 1.45 bits per heavy atom. The van der Waals surface area contributed by atoms with Gasteiger partial charge in [0, 0.05) is 20.1 Å². The van der Waals surface area contributed by atoms with Crippen molar-refractivity contribution in [3.05, 3.63) is 35.4 Å². The van der Waals surface area contributed by atoms with Crippen molar-refractivity contribution in [1.82, 2.24) is 5.06 Å². The first kappa shape index (κ1) is 14.6. The summed E-state index contributed by atoms with van der Waals surface area (Å²) in [6.45, 7) is 5.69. The maximum Gasteiger partial charge on any atom is 0.302 e. The van der Waals surface area contributed by atoms with E-state index in [2.05, 4.69) is 0 Å². The van der Waals surface area contributed by atoms with Gasteiger partial charge < -0.3 is 9.47 Å². The maximum absolute atomic E-state index is 12.2. The number of hydrogen-bond acceptors (Lipinski definition) is 5. The number of hydroxylamine groups is 2. The first-order chi connectivity index (χ1) is 9.52. The van der Waals surface area contributed by atoms with E-state index in [1.54, 1.807) is 38.1 Å². The molecule has 0 radical (unpaired) electrons. The van der Waals surface area contributed by atoms with Gasteiger partial charge in [0.05, 0.1) is 11.1 Å². The summed E-state index contributed by atoms with van der Waals surface area (Å²) in [7, 11) is 0. The van der Waals surface area contributed by atoms with Crippen molar-refractivity contribution >= 4 is 11.8 Å². The predicted octanol–water partition coefficient (Wildman–Crippen LogP) is 1.96. The molecule has 0 bridgehead atoms. The van der Waals surface area contributed by atoms with Crippen LogP contribution in [0, 0.1) is 0 Å². The molecule has 1 aromatic rings. The van der Waals surface area contributed by atoms with Gasteiger partial charge in [0.25, 0.3) is 11.8 Å². The van der Waals surface area contributed by atoms with Crippen LogP contribution in [-0.2, 0) is 14.3 Å². The van der Waals surface area contributed by atoms with Gasteiger partial charge in [-0.15, -0.1) is 5.06 Å². The van der Waals surface area contributed by atoms with Gasteiger partial charge in [-0.05, 0) is 26.0 Å². The molecule has 0 aliphatic carbocycles. The molecule has 0 aromatic heterocycles. The Morgan fingerprint density at radius 3 is 1.85 bits per heavy atom. The van der Waals surface area contributed by atoms with Gasteiger partial charge in [-0.25, -0.2) is 0 Å². The van der Waals surface area contributed by atoms with Crippen LogP contribution in [0.4, 0.5) is 0 Å². The summed E-state index contributed by atoms with van der Waals surface area (Å²) < 4.78 is 10.7. The Balaban J connectivity index is 2.23. The highest BCUT2D eigenvalue weighted by atomic mass is 16.9. The minimum atomic E-state index is -1.48. The van der Waals surface area contributed by atoms with Gasteiger partial charge in [0.1, 0.15) is 0 Å². The van der Waals surface area contributed by atoms with Gasteiger partial charge in [0.15, 0.2) is 0 Å². The molecule has 0 N–H and O–H groups in total. The third-order valence-corrected chi connectivity index (χ3v) is 2.83. The Hall–Kier alpha value is -1.76. The number of nitrogens with zero attached hydrogens (tertiary/aromatic N) is 1. The Kier molecular flexibility index (Phi) is 4.17. The summed E-state index contributed by atoms with van der Waals surface area (Å²) >= 11 is 0. The highest BCUT2D eigenvalue weighted by molar-refractivity contribution is 6.20. The van der Waals surface area contributed by atoms with Gasteiger partial charge in [-0.3, -0.25) is 9.59 Å². The first-order valence-electron chi connectivity index (χ1n) is 6.47. The van der Waals surface area contributed by atoms with Gasteiger partial charge in [-0.1, -0.05) is 12.1 Å². The van der Waals surface area contributed by atoms with Crippen LogP contribution in [0.3, 0.4) is 0 Å². The number of carbonyl (C=O) groups excluding carboxylic acids is 2. The molecule has 0 spiro atoms. The van der Waals surface area contributed by atoms with Crippen molar-refractivity contribution in [1.29, 1.82) is 0 Å². The minimum Gasteiger partial charge on any atom is -0.327 e. The SMILES string of the molecule is CCOC(C)(OCC)ON1C(=O)c2ccccc2C1=O. The lowest BCUT2D eigenvalue weighted by Gasteiger charge is -2.30. The summed E-state index contributed by atoms with van der Waals surface area (Å²) in [6, 6.07) is 6.55. The number of hydrogen-bond donors (Lipinski definition) is 0. The summed E-state index contributed by atoms with van der Waals surface area (Å²) in [5.41, 5.74) is 0.626. The number of ether oxygens (including phenoxy) is 2. The lowest BCUT2D eigenvalue weighted by Crippen LogP contribution is -2.45. The molecular formula is C14H17NO5. The second kappa shape index (κ2) is 5.70. The van der Waals surface area contributed by atoms with Crippen LogP contribution in [0.2, 0.25) is 0 Å². The van der Waals surface area contributed by atoms with Crippen molar-refractivity contribution < 1.29 is 23.9 Å². The van der Waals surface area contributed by atoms with Crippen molar-refractivity contribution in [3.8, 4) is 0 Å². The standard InChI is InChI=1S/C14H17NO5/c1-4-18-14(3,19-5-2)20-15-12(16)10-8-6-7-9-11(10)13(15)17/h6-9H,4-5H2,1-3H3. The zero-order chi connectivity index (χ0) is 14.8. The fourth-order valence-corrected chi connectivity index (χ4v) is 2.03. The van der Waals surface area contributed by atoms with E-state index in [-0.39, 0.29) is 0 Å². The smallest absolute Gasteiger partial charge is 0.302 e. The Bertz CT molecular complexity index is 487. The number of amides is 2. The van der Waals surface area contributed by atoms with Gasteiger partial charge in [-0.2, -0.15) is 4.84 Å². The molecule has 20 heavy (non-hydrogen) atoms. The quantitative estimate of drug-likeness (QED) is 0.588. The molecule has 108 valence electrons. The van der Waals surface area contributed by atoms with E-state index >= 15 is 0 Å². The highest BCUT2D eigenvalue weighted by Crippen LogP contribution is 2.26. The number of carbonyl (C=O) groups is 2. The second-order valence-corrected chi connectivity index (χ2v) is 4.27. The molecule has 6 heteroatoms. The Morgan fingerprint density at radius 1 is 1.00 bits per heavy atom. The molecule has 1 aliphatic heterocycles. The zero-order valence-electron chi connectivity index (χ0n) is 11.7.